The maximum Gasteiger partial charge on any atom is 0.337 e. The highest BCUT2D eigenvalue weighted by molar-refractivity contribution is 6.51. The van der Waals surface area contributed by atoms with Crippen molar-refractivity contribution < 1.29 is 24.2 Å². The zero-order valence-corrected chi connectivity index (χ0v) is 19.8. The lowest BCUT2D eigenvalue weighted by Gasteiger charge is -2.25. The number of hydrogen-bond acceptors (Lipinski definition) is 5. The highest BCUT2D eigenvalue weighted by atomic mass is 16.5. The van der Waals surface area contributed by atoms with E-state index in [9.17, 15) is 19.5 Å². The average molecular weight is 481 g/mol. The number of rotatable bonds is 5. The summed E-state index contributed by atoms with van der Waals surface area (Å²) in [5, 5.41) is 12.2. The summed E-state index contributed by atoms with van der Waals surface area (Å²) in [5.41, 5.74) is 3.79. The Morgan fingerprint density at radius 2 is 1.69 bits per heavy atom. The van der Waals surface area contributed by atoms with Crippen LogP contribution in [0.4, 0.5) is 5.69 Å². The molecule has 1 atom stereocenters. The molecule has 1 fully saturated rings. The van der Waals surface area contributed by atoms with Crippen molar-refractivity contribution in [3.05, 3.63) is 107 Å². The van der Waals surface area contributed by atoms with E-state index in [0.29, 0.717) is 22.4 Å². The lowest BCUT2D eigenvalue weighted by molar-refractivity contribution is -0.132. The Kier molecular flexibility index (Phi) is 5.90. The smallest absolute Gasteiger partial charge is 0.337 e. The molecule has 2 N–H and O–H groups in total. The SMILES string of the molecule is CCc1ccc(C2/C(=C(/O)c3c[nH]c4ccccc34)C(=O)C(=O)N2c2ccc(C(=O)OC)cc2)cc1. The number of aryl methyl sites for hydroxylation is 1. The van der Waals surface area contributed by atoms with Gasteiger partial charge in [-0.3, -0.25) is 14.5 Å². The van der Waals surface area contributed by atoms with Gasteiger partial charge in [-0.2, -0.15) is 0 Å². The van der Waals surface area contributed by atoms with E-state index in [1.807, 2.05) is 55.5 Å². The van der Waals surface area contributed by atoms with Crippen molar-refractivity contribution in [2.45, 2.75) is 19.4 Å². The number of aliphatic hydroxyl groups is 1. The van der Waals surface area contributed by atoms with Gasteiger partial charge in [0.25, 0.3) is 11.7 Å². The Bertz CT molecular complexity index is 1510. The van der Waals surface area contributed by atoms with Crippen molar-refractivity contribution in [2.24, 2.45) is 0 Å². The van der Waals surface area contributed by atoms with Crippen LogP contribution in [0.15, 0.2) is 84.6 Å². The number of nitrogens with one attached hydrogen (secondary N) is 1. The minimum atomic E-state index is -0.853. The first-order valence-electron chi connectivity index (χ1n) is 11.6. The minimum absolute atomic E-state index is 0.00560. The number of esters is 1. The van der Waals surface area contributed by atoms with Gasteiger partial charge in [-0.1, -0.05) is 49.4 Å². The van der Waals surface area contributed by atoms with Crippen LogP contribution in [0.3, 0.4) is 0 Å². The quantitative estimate of drug-likeness (QED) is 0.178. The van der Waals surface area contributed by atoms with Gasteiger partial charge in [-0.15, -0.1) is 0 Å². The van der Waals surface area contributed by atoms with Crippen molar-refractivity contribution in [3.8, 4) is 0 Å². The number of hydrogen-bond donors (Lipinski definition) is 2. The molecule has 1 aliphatic heterocycles. The second-order valence-electron chi connectivity index (χ2n) is 8.55. The normalized spacial score (nSPS) is 17.1. The third-order valence-corrected chi connectivity index (χ3v) is 6.56. The minimum Gasteiger partial charge on any atom is -0.507 e. The molecule has 1 saturated heterocycles. The van der Waals surface area contributed by atoms with Crippen LogP contribution in [0.25, 0.3) is 16.7 Å². The van der Waals surface area contributed by atoms with E-state index in [2.05, 4.69) is 4.98 Å². The first kappa shape index (κ1) is 23.1. The average Bonchev–Trinajstić information content (AvgIpc) is 3.47. The summed E-state index contributed by atoms with van der Waals surface area (Å²) < 4.78 is 4.76. The van der Waals surface area contributed by atoms with Crippen molar-refractivity contribution in [3.63, 3.8) is 0 Å². The number of ether oxygens (including phenoxy) is 1. The number of Topliss-reactive ketones (excluding diaryl/α,β-unsaturated/α-hetero) is 1. The summed E-state index contributed by atoms with van der Waals surface area (Å²) in [7, 11) is 1.29. The molecule has 1 aromatic heterocycles. The van der Waals surface area contributed by atoms with Gasteiger partial charge < -0.3 is 14.8 Å². The van der Waals surface area contributed by atoms with Gasteiger partial charge in [-0.25, -0.2) is 4.79 Å². The maximum absolute atomic E-state index is 13.4. The molecule has 0 spiro atoms. The van der Waals surface area contributed by atoms with Gasteiger partial charge >= 0.3 is 5.97 Å². The van der Waals surface area contributed by atoms with Crippen LogP contribution in [-0.2, 0) is 20.7 Å². The number of ketones is 1. The van der Waals surface area contributed by atoms with Gasteiger partial charge in [0.1, 0.15) is 5.76 Å². The van der Waals surface area contributed by atoms with Crippen LogP contribution in [0.5, 0.6) is 0 Å². The van der Waals surface area contributed by atoms with E-state index >= 15 is 0 Å². The number of benzene rings is 3. The number of aliphatic hydroxyl groups excluding tert-OH is 1. The molecule has 3 aromatic carbocycles. The number of para-hydroxylation sites is 1. The van der Waals surface area contributed by atoms with Gasteiger partial charge in [0.05, 0.1) is 24.3 Å². The molecule has 0 saturated carbocycles. The summed E-state index contributed by atoms with van der Waals surface area (Å²) >= 11 is 0. The Morgan fingerprint density at radius 3 is 2.36 bits per heavy atom. The fourth-order valence-electron chi connectivity index (χ4n) is 4.64. The Morgan fingerprint density at radius 1 is 1.00 bits per heavy atom. The number of carbonyl (C=O) groups excluding carboxylic acids is 3. The number of aromatic nitrogens is 1. The van der Waals surface area contributed by atoms with E-state index < -0.39 is 23.7 Å². The molecule has 180 valence electrons. The molecule has 0 radical (unpaired) electrons. The molecule has 0 bridgehead atoms. The molecule has 2 heterocycles. The van der Waals surface area contributed by atoms with Gasteiger partial charge in [0.15, 0.2) is 0 Å². The number of anilines is 1. The summed E-state index contributed by atoms with van der Waals surface area (Å²) in [5.74, 6) is -2.29. The Hall–Kier alpha value is -4.65. The lowest BCUT2D eigenvalue weighted by Crippen LogP contribution is -2.29. The topological polar surface area (TPSA) is 99.7 Å². The summed E-state index contributed by atoms with van der Waals surface area (Å²) in [6.45, 7) is 2.04. The van der Waals surface area contributed by atoms with E-state index in [1.54, 1.807) is 18.3 Å². The molecular weight excluding hydrogens is 456 g/mol. The first-order chi connectivity index (χ1) is 17.4. The zero-order valence-electron chi connectivity index (χ0n) is 19.8. The number of nitrogens with zero attached hydrogens (tertiary/aromatic N) is 1. The van der Waals surface area contributed by atoms with Crippen LogP contribution >= 0.6 is 0 Å². The molecule has 4 aromatic rings. The molecule has 7 heteroatoms. The van der Waals surface area contributed by atoms with Crippen molar-refractivity contribution in [1.82, 2.24) is 4.98 Å². The summed E-state index contributed by atoms with van der Waals surface area (Å²) in [6.07, 6.45) is 2.47. The lowest BCUT2D eigenvalue weighted by atomic mass is 9.94. The Balaban J connectivity index is 1.70. The van der Waals surface area contributed by atoms with Crippen LogP contribution in [0.2, 0.25) is 0 Å². The fraction of sp³-hybridized carbons (Fsp3) is 0.138. The fourth-order valence-corrected chi connectivity index (χ4v) is 4.64. The molecule has 1 aliphatic rings. The first-order valence-corrected chi connectivity index (χ1v) is 11.6. The molecule has 7 nitrogen and oxygen atoms in total. The molecule has 1 unspecified atom stereocenters. The third kappa shape index (κ3) is 3.75. The number of carbonyl (C=O) groups is 3. The monoisotopic (exact) mass is 480 g/mol. The number of amides is 1. The van der Waals surface area contributed by atoms with Crippen LogP contribution in [0.1, 0.15) is 40.0 Å². The van der Waals surface area contributed by atoms with Gasteiger partial charge in [0, 0.05) is 28.4 Å². The van der Waals surface area contributed by atoms with Crippen LogP contribution < -0.4 is 4.90 Å². The van der Waals surface area contributed by atoms with Crippen LogP contribution in [-0.4, -0.2) is 34.9 Å². The van der Waals surface area contributed by atoms with E-state index in [-0.39, 0.29) is 11.3 Å². The molecule has 1 amide bonds. The molecule has 36 heavy (non-hydrogen) atoms. The molecule has 0 aliphatic carbocycles. The van der Waals surface area contributed by atoms with E-state index in [0.717, 1.165) is 22.9 Å². The van der Waals surface area contributed by atoms with Crippen molar-refractivity contribution in [1.29, 1.82) is 0 Å². The second kappa shape index (κ2) is 9.19. The zero-order chi connectivity index (χ0) is 25.4. The summed E-state index contributed by atoms with van der Waals surface area (Å²) in [6, 6.07) is 20.5. The summed E-state index contributed by atoms with van der Waals surface area (Å²) in [4.78, 5) is 43.1. The van der Waals surface area contributed by atoms with Gasteiger partial charge in [0.2, 0.25) is 0 Å². The van der Waals surface area contributed by atoms with E-state index in [4.69, 9.17) is 4.74 Å². The highest BCUT2D eigenvalue weighted by Gasteiger charge is 2.47. The molecular formula is C29H24N2O5. The second-order valence-corrected chi connectivity index (χ2v) is 8.55. The largest absolute Gasteiger partial charge is 0.507 e. The predicted octanol–water partition coefficient (Wildman–Crippen LogP) is 5.14. The number of fused-ring (bicyclic) bond motifs is 1. The third-order valence-electron chi connectivity index (χ3n) is 6.56. The number of methoxy groups -OCH3 is 1. The van der Waals surface area contributed by atoms with Crippen LogP contribution in [0, 0.1) is 0 Å². The van der Waals surface area contributed by atoms with E-state index in [1.165, 1.54) is 24.1 Å². The predicted molar refractivity (Wildman–Crippen MR) is 137 cm³/mol. The number of H-pyrrole nitrogens is 1. The highest BCUT2D eigenvalue weighted by Crippen LogP contribution is 2.43. The standard InChI is InChI=1S/C29H24N2O5/c1-3-17-8-10-18(11-9-17)25-24(26(32)22-16-30-23-7-5-4-6-21(22)23)27(33)28(34)31(25)20-14-12-19(13-15-20)29(35)36-2/h4-16,25,30,32H,3H2,1-2H3/b26-24-. The Labute approximate surface area is 207 Å². The van der Waals surface area contributed by atoms with Crippen molar-refractivity contribution >= 4 is 40.0 Å². The molecule has 5 rings (SSSR count). The number of aromatic amines is 1. The van der Waals surface area contributed by atoms with Gasteiger partial charge in [-0.05, 0) is 47.9 Å². The van der Waals surface area contributed by atoms with Crippen molar-refractivity contribution in [2.75, 3.05) is 12.0 Å². The maximum atomic E-state index is 13.4.